The van der Waals surface area contributed by atoms with E-state index in [9.17, 15) is 9.59 Å². The predicted octanol–water partition coefficient (Wildman–Crippen LogP) is 1.03. The topological polar surface area (TPSA) is 84.2 Å². The second kappa shape index (κ2) is 4.33. The zero-order valence-electron chi connectivity index (χ0n) is 10.5. The van der Waals surface area contributed by atoms with Crippen LogP contribution in [0.15, 0.2) is 18.2 Å². The van der Waals surface area contributed by atoms with Gasteiger partial charge in [0, 0.05) is 12.7 Å². The number of fused-ring (bicyclic) bond motifs is 1. The Morgan fingerprint density at radius 1 is 1.28 bits per heavy atom. The Morgan fingerprint density at radius 2 is 1.94 bits per heavy atom. The lowest BCUT2D eigenvalue weighted by atomic mass is 9.87. The second-order valence-corrected chi connectivity index (χ2v) is 4.97. The molecule has 0 bridgehead atoms. The molecule has 5 nitrogen and oxygen atoms in total. The molecule has 3 amide bonds. The van der Waals surface area contributed by atoms with Crippen molar-refractivity contribution in [3.63, 3.8) is 0 Å². The van der Waals surface area contributed by atoms with E-state index in [2.05, 4.69) is 10.6 Å². The number of benzene rings is 1. The highest BCUT2D eigenvalue weighted by atomic mass is 16.2. The fourth-order valence-electron chi connectivity index (χ4n) is 2.31. The maximum absolute atomic E-state index is 11.4. The Bertz CT molecular complexity index is 513. The molecule has 1 aromatic rings. The normalized spacial score (nSPS) is 21.2. The number of nitrogens with two attached hydrogens (primary N) is 1. The summed E-state index contributed by atoms with van der Waals surface area (Å²) in [5, 5.41) is 5.20. The van der Waals surface area contributed by atoms with E-state index in [-0.39, 0.29) is 11.9 Å². The van der Waals surface area contributed by atoms with Crippen LogP contribution in [0, 0.1) is 5.41 Å². The van der Waals surface area contributed by atoms with Gasteiger partial charge in [0.1, 0.15) is 0 Å². The minimum atomic E-state index is -0.506. The third-order valence-corrected chi connectivity index (χ3v) is 3.45. The van der Waals surface area contributed by atoms with Crippen LogP contribution in [0.25, 0.3) is 0 Å². The Kier molecular flexibility index (Phi) is 2.98. The average Bonchev–Trinajstić information content (AvgIpc) is 2.66. The van der Waals surface area contributed by atoms with Crippen LogP contribution in [0.4, 0.5) is 10.5 Å². The molecule has 18 heavy (non-hydrogen) atoms. The van der Waals surface area contributed by atoms with Gasteiger partial charge in [0.15, 0.2) is 0 Å². The van der Waals surface area contributed by atoms with E-state index in [0.717, 1.165) is 16.8 Å². The lowest BCUT2D eigenvalue weighted by Gasteiger charge is -2.17. The number of carbonyl (C=O) groups is 2. The summed E-state index contributed by atoms with van der Waals surface area (Å²) in [6.45, 7) is 1.88. The number of anilines is 1. The molecular formula is C13H17N3O2. The summed E-state index contributed by atoms with van der Waals surface area (Å²) < 4.78 is 0. The van der Waals surface area contributed by atoms with Crippen LogP contribution in [0.5, 0.6) is 0 Å². The van der Waals surface area contributed by atoms with E-state index >= 15 is 0 Å². The average molecular weight is 247 g/mol. The van der Waals surface area contributed by atoms with Crippen LogP contribution in [-0.2, 0) is 17.6 Å². The van der Waals surface area contributed by atoms with Crippen LogP contribution in [0.2, 0.25) is 0 Å². The first-order valence-electron chi connectivity index (χ1n) is 5.85. The van der Waals surface area contributed by atoms with E-state index in [4.69, 9.17) is 5.73 Å². The number of urea groups is 1. The van der Waals surface area contributed by atoms with Gasteiger partial charge in [-0.2, -0.15) is 0 Å². The maximum Gasteiger partial charge on any atom is 0.318 e. The van der Waals surface area contributed by atoms with Gasteiger partial charge in [-0.3, -0.25) is 4.79 Å². The zero-order valence-corrected chi connectivity index (χ0v) is 10.5. The lowest BCUT2D eigenvalue weighted by molar-refractivity contribution is -0.126. The quantitative estimate of drug-likeness (QED) is 0.729. The van der Waals surface area contributed by atoms with Gasteiger partial charge in [0.2, 0.25) is 5.91 Å². The molecule has 0 aromatic heterocycles. The first-order valence-corrected chi connectivity index (χ1v) is 5.85. The summed E-state index contributed by atoms with van der Waals surface area (Å²) in [7, 11) is 1.56. The molecule has 1 aliphatic rings. The minimum Gasteiger partial charge on any atom is -0.369 e. The molecule has 4 N–H and O–H groups in total. The summed E-state index contributed by atoms with van der Waals surface area (Å²) in [5.74, 6) is -0.278. The van der Waals surface area contributed by atoms with Gasteiger partial charge in [0.05, 0.1) is 5.41 Å². The highest BCUT2D eigenvalue weighted by molar-refractivity contribution is 5.89. The predicted molar refractivity (Wildman–Crippen MR) is 69.2 cm³/mol. The first kappa shape index (κ1) is 12.4. The van der Waals surface area contributed by atoms with Crippen molar-refractivity contribution < 1.29 is 9.59 Å². The van der Waals surface area contributed by atoms with Crippen molar-refractivity contribution in [1.82, 2.24) is 5.32 Å². The monoisotopic (exact) mass is 247 g/mol. The standard InChI is InChI=1S/C13H17N3O2/c1-13(11(14)17)6-8-3-4-10(5-9(8)7-13)16-12(18)15-2/h3-5H,6-7H2,1-2H3,(H2,14,17)(H2,15,16,18). The second-order valence-electron chi connectivity index (χ2n) is 4.97. The molecule has 0 fully saturated rings. The molecule has 0 spiro atoms. The molecule has 1 aliphatic carbocycles. The third-order valence-electron chi connectivity index (χ3n) is 3.45. The number of carbonyl (C=O) groups excluding carboxylic acids is 2. The molecule has 0 saturated heterocycles. The summed E-state index contributed by atoms with van der Waals surface area (Å²) >= 11 is 0. The Hall–Kier alpha value is -2.04. The number of primary amides is 1. The van der Waals surface area contributed by atoms with Crippen molar-refractivity contribution in [1.29, 1.82) is 0 Å². The maximum atomic E-state index is 11.4. The number of hydrogen-bond donors (Lipinski definition) is 3. The van der Waals surface area contributed by atoms with Gasteiger partial charge < -0.3 is 16.4 Å². The fourth-order valence-corrected chi connectivity index (χ4v) is 2.31. The molecule has 5 heteroatoms. The number of nitrogens with one attached hydrogen (secondary N) is 2. The molecule has 1 atom stereocenters. The van der Waals surface area contributed by atoms with Crippen LogP contribution in [-0.4, -0.2) is 19.0 Å². The molecule has 0 heterocycles. The summed E-state index contributed by atoms with van der Waals surface area (Å²) in [6, 6.07) is 5.42. The van der Waals surface area contributed by atoms with Crippen molar-refractivity contribution in [3.8, 4) is 0 Å². The minimum absolute atomic E-state index is 0.259. The van der Waals surface area contributed by atoms with Crippen molar-refractivity contribution >= 4 is 17.6 Å². The highest BCUT2D eigenvalue weighted by Gasteiger charge is 2.37. The summed E-state index contributed by atoms with van der Waals surface area (Å²) in [5.41, 5.74) is 7.85. The zero-order chi connectivity index (χ0) is 13.3. The molecular weight excluding hydrogens is 230 g/mol. The molecule has 96 valence electrons. The van der Waals surface area contributed by atoms with Gasteiger partial charge in [-0.25, -0.2) is 4.79 Å². The Balaban J connectivity index is 2.22. The van der Waals surface area contributed by atoms with Gasteiger partial charge in [0.25, 0.3) is 0 Å². The van der Waals surface area contributed by atoms with E-state index in [0.29, 0.717) is 12.8 Å². The first-order chi connectivity index (χ1) is 8.44. The number of rotatable bonds is 2. The van der Waals surface area contributed by atoms with Gasteiger partial charge in [-0.15, -0.1) is 0 Å². The van der Waals surface area contributed by atoms with Crippen LogP contribution >= 0.6 is 0 Å². The van der Waals surface area contributed by atoms with E-state index < -0.39 is 5.41 Å². The van der Waals surface area contributed by atoms with Crippen LogP contribution < -0.4 is 16.4 Å². The lowest BCUT2D eigenvalue weighted by Crippen LogP contribution is -2.34. The van der Waals surface area contributed by atoms with Crippen molar-refractivity contribution in [2.24, 2.45) is 11.1 Å². The van der Waals surface area contributed by atoms with E-state index in [1.807, 2.05) is 25.1 Å². The van der Waals surface area contributed by atoms with E-state index in [1.54, 1.807) is 7.05 Å². The summed E-state index contributed by atoms with van der Waals surface area (Å²) in [6.07, 6.45) is 1.29. The highest BCUT2D eigenvalue weighted by Crippen LogP contribution is 2.37. The number of hydrogen-bond acceptors (Lipinski definition) is 2. The molecule has 0 aliphatic heterocycles. The fraction of sp³-hybridized carbons (Fsp3) is 0.385. The molecule has 1 unspecified atom stereocenters. The largest absolute Gasteiger partial charge is 0.369 e. The van der Waals surface area contributed by atoms with E-state index in [1.165, 1.54) is 0 Å². The molecule has 1 aromatic carbocycles. The number of amides is 3. The van der Waals surface area contributed by atoms with Crippen LogP contribution in [0.3, 0.4) is 0 Å². The third kappa shape index (κ3) is 2.16. The van der Waals surface area contributed by atoms with Gasteiger partial charge in [-0.05, 0) is 36.1 Å². The molecule has 0 radical (unpaired) electrons. The van der Waals surface area contributed by atoms with Gasteiger partial charge in [-0.1, -0.05) is 13.0 Å². The van der Waals surface area contributed by atoms with Crippen molar-refractivity contribution in [2.45, 2.75) is 19.8 Å². The van der Waals surface area contributed by atoms with Crippen molar-refractivity contribution in [2.75, 3.05) is 12.4 Å². The SMILES string of the molecule is CNC(=O)Nc1ccc2c(c1)CC(C)(C(N)=O)C2. The Labute approximate surface area is 106 Å². The van der Waals surface area contributed by atoms with Gasteiger partial charge >= 0.3 is 6.03 Å². The molecule has 2 rings (SSSR count). The van der Waals surface area contributed by atoms with Crippen molar-refractivity contribution in [3.05, 3.63) is 29.3 Å². The smallest absolute Gasteiger partial charge is 0.318 e. The Morgan fingerprint density at radius 3 is 2.56 bits per heavy atom. The molecule has 0 saturated carbocycles. The van der Waals surface area contributed by atoms with Crippen LogP contribution in [0.1, 0.15) is 18.1 Å². The summed E-state index contributed by atoms with van der Waals surface area (Å²) in [4.78, 5) is 22.7.